The quantitative estimate of drug-likeness (QED) is 0.722. The molecule has 0 radical (unpaired) electrons. The molecule has 0 unspecified atom stereocenters. The van der Waals surface area contributed by atoms with Gasteiger partial charge in [0, 0.05) is 6.04 Å². The SMILES string of the molecule is CCOC(=O)CN(C(=O)COc1ccccc1F)C(C)C. The fraction of sp³-hybridized carbons (Fsp3) is 0.467. The second-order valence-electron chi connectivity index (χ2n) is 4.64. The highest BCUT2D eigenvalue weighted by molar-refractivity contribution is 5.83. The van der Waals surface area contributed by atoms with Gasteiger partial charge in [-0.25, -0.2) is 4.39 Å². The summed E-state index contributed by atoms with van der Waals surface area (Å²) in [6.45, 7) is 5.02. The van der Waals surface area contributed by atoms with E-state index in [9.17, 15) is 14.0 Å². The predicted octanol–water partition coefficient (Wildman–Crippen LogP) is 2.00. The Bertz CT molecular complexity index is 490. The molecule has 0 aliphatic carbocycles. The van der Waals surface area contributed by atoms with Gasteiger partial charge in [-0.3, -0.25) is 9.59 Å². The van der Waals surface area contributed by atoms with Crippen molar-refractivity contribution in [2.45, 2.75) is 26.8 Å². The number of hydrogen-bond donors (Lipinski definition) is 0. The minimum Gasteiger partial charge on any atom is -0.481 e. The number of hydrogen-bond acceptors (Lipinski definition) is 4. The molecular formula is C15H20FNO4. The standard InChI is InChI=1S/C15H20FNO4/c1-4-20-15(19)9-17(11(2)3)14(18)10-21-13-8-6-5-7-12(13)16/h5-8,11H,4,9-10H2,1-3H3. The van der Waals surface area contributed by atoms with Crippen LogP contribution in [0.1, 0.15) is 20.8 Å². The van der Waals surface area contributed by atoms with Crippen LogP contribution in [0.5, 0.6) is 5.75 Å². The first-order chi connectivity index (χ1) is 9.95. The Morgan fingerprint density at radius 3 is 2.52 bits per heavy atom. The van der Waals surface area contributed by atoms with Crippen LogP contribution in [-0.4, -0.2) is 42.6 Å². The lowest BCUT2D eigenvalue weighted by Crippen LogP contribution is -2.43. The molecule has 0 spiro atoms. The van der Waals surface area contributed by atoms with Crippen LogP contribution >= 0.6 is 0 Å². The smallest absolute Gasteiger partial charge is 0.325 e. The van der Waals surface area contributed by atoms with Crippen molar-refractivity contribution in [3.8, 4) is 5.75 Å². The van der Waals surface area contributed by atoms with Crippen molar-refractivity contribution < 1.29 is 23.5 Å². The minimum absolute atomic E-state index is 0.00527. The molecule has 1 amide bonds. The maximum Gasteiger partial charge on any atom is 0.325 e. The zero-order chi connectivity index (χ0) is 15.8. The zero-order valence-electron chi connectivity index (χ0n) is 12.5. The second-order valence-corrected chi connectivity index (χ2v) is 4.64. The molecule has 0 N–H and O–H groups in total. The lowest BCUT2D eigenvalue weighted by atomic mass is 10.3. The van der Waals surface area contributed by atoms with E-state index in [1.807, 2.05) is 0 Å². The van der Waals surface area contributed by atoms with Gasteiger partial charge in [0.25, 0.3) is 5.91 Å². The molecule has 0 aliphatic rings. The van der Waals surface area contributed by atoms with E-state index in [1.54, 1.807) is 26.8 Å². The molecule has 0 aliphatic heterocycles. The number of nitrogens with zero attached hydrogens (tertiary/aromatic N) is 1. The van der Waals surface area contributed by atoms with Crippen molar-refractivity contribution in [1.29, 1.82) is 0 Å². The van der Waals surface area contributed by atoms with Crippen molar-refractivity contribution in [3.05, 3.63) is 30.1 Å². The fourth-order valence-electron chi connectivity index (χ4n) is 1.69. The third kappa shape index (κ3) is 5.41. The Morgan fingerprint density at radius 1 is 1.29 bits per heavy atom. The summed E-state index contributed by atoms with van der Waals surface area (Å²) >= 11 is 0. The van der Waals surface area contributed by atoms with Crippen LogP contribution in [0.15, 0.2) is 24.3 Å². The number of benzene rings is 1. The van der Waals surface area contributed by atoms with Gasteiger partial charge >= 0.3 is 5.97 Å². The summed E-state index contributed by atoms with van der Waals surface area (Å²) in [4.78, 5) is 24.9. The minimum atomic E-state index is -0.535. The number of halogens is 1. The van der Waals surface area contributed by atoms with Crippen LogP contribution in [0.25, 0.3) is 0 Å². The zero-order valence-corrected chi connectivity index (χ0v) is 12.5. The third-order valence-electron chi connectivity index (χ3n) is 2.74. The van der Waals surface area contributed by atoms with Gasteiger partial charge in [0.15, 0.2) is 18.2 Å². The van der Waals surface area contributed by atoms with Crippen LogP contribution in [0.3, 0.4) is 0 Å². The Labute approximate surface area is 123 Å². The number of esters is 1. The number of ether oxygens (including phenoxy) is 2. The average Bonchev–Trinajstić information content (AvgIpc) is 2.43. The first-order valence-electron chi connectivity index (χ1n) is 6.78. The van der Waals surface area contributed by atoms with Gasteiger partial charge in [0.1, 0.15) is 6.54 Å². The summed E-state index contributed by atoms with van der Waals surface area (Å²) in [6.07, 6.45) is 0. The van der Waals surface area contributed by atoms with Gasteiger partial charge in [-0.15, -0.1) is 0 Å². The van der Waals surface area contributed by atoms with E-state index < -0.39 is 17.7 Å². The van der Waals surface area contributed by atoms with Crippen LogP contribution < -0.4 is 4.74 Å². The lowest BCUT2D eigenvalue weighted by Gasteiger charge is -2.25. The highest BCUT2D eigenvalue weighted by Gasteiger charge is 2.21. The van der Waals surface area contributed by atoms with Gasteiger partial charge in [-0.05, 0) is 32.9 Å². The predicted molar refractivity (Wildman–Crippen MR) is 75.4 cm³/mol. The Balaban J connectivity index is 2.61. The summed E-state index contributed by atoms with van der Waals surface area (Å²) in [5, 5.41) is 0. The summed E-state index contributed by atoms with van der Waals surface area (Å²) < 4.78 is 23.4. The molecule has 1 aromatic carbocycles. The molecule has 6 heteroatoms. The van der Waals surface area contributed by atoms with Crippen LogP contribution in [0.4, 0.5) is 4.39 Å². The topological polar surface area (TPSA) is 55.8 Å². The Kier molecular flexibility index (Phi) is 6.65. The first kappa shape index (κ1) is 16.9. The molecule has 0 fully saturated rings. The lowest BCUT2D eigenvalue weighted by molar-refractivity contribution is -0.150. The van der Waals surface area contributed by atoms with E-state index in [0.717, 1.165) is 0 Å². The van der Waals surface area contributed by atoms with E-state index in [-0.39, 0.29) is 31.5 Å². The van der Waals surface area contributed by atoms with Crippen LogP contribution in [0, 0.1) is 5.82 Å². The molecular weight excluding hydrogens is 277 g/mol. The summed E-state index contributed by atoms with van der Waals surface area (Å²) in [6, 6.07) is 5.64. The highest BCUT2D eigenvalue weighted by Crippen LogP contribution is 2.15. The molecule has 0 heterocycles. The third-order valence-corrected chi connectivity index (χ3v) is 2.74. The van der Waals surface area contributed by atoms with Gasteiger partial charge < -0.3 is 14.4 Å². The van der Waals surface area contributed by atoms with Crippen molar-refractivity contribution >= 4 is 11.9 Å². The number of carbonyl (C=O) groups is 2. The van der Waals surface area contributed by atoms with Gasteiger partial charge in [-0.1, -0.05) is 12.1 Å². The highest BCUT2D eigenvalue weighted by atomic mass is 19.1. The maximum atomic E-state index is 13.4. The molecule has 5 nitrogen and oxygen atoms in total. The Morgan fingerprint density at radius 2 is 1.95 bits per heavy atom. The van der Waals surface area contributed by atoms with Crippen molar-refractivity contribution in [1.82, 2.24) is 4.90 Å². The van der Waals surface area contributed by atoms with Crippen molar-refractivity contribution in [3.63, 3.8) is 0 Å². The summed E-state index contributed by atoms with van der Waals surface area (Å²) in [5.41, 5.74) is 0. The van der Waals surface area contributed by atoms with E-state index in [4.69, 9.17) is 9.47 Å². The molecule has 0 saturated heterocycles. The van der Waals surface area contributed by atoms with Gasteiger partial charge in [-0.2, -0.15) is 0 Å². The fourth-order valence-corrected chi connectivity index (χ4v) is 1.69. The molecule has 116 valence electrons. The van der Waals surface area contributed by atoms with E-state index in [0.29, 0.717) is 0 Å². The molecule has 0 atom stereocenters. The molecule has 0 bridgehead atoms. The average molecular weight is 297 g/mol. The van der Waals surface area contributed by atoms with Crippen LogP contribution in [-0.2, 0) is 14.3 Å². The van der Waals surface area contributed by atoms with Gasteiger partial charge in [0.2, 0.25) is 0 Å². The summed E-state index contributed by atoms with van der Waals surface area (Å²) in [7, 11) is 0. The number of carbonyl (C=O) groups excluding carboxylic acids is 2. The molecule has 1 aromatic rings. The maximum absolute atomic E-state index is 13.4. The van der Waals surface area contributed by atoms with Crippen molar-refractivity contribution in [2.24, 2.45) is 0 Å². The van der Waals surface area contributed by atoms with Crippen LogP contribution in [0.2, 0.25) is 0 Å². The van der Waals surface area contributed by atoms with Gasteiger partial charge in [0.05, 0.1) is 6.61 Å². The normalized spacial score (nSPS) is 10.3. The van der Waals surface area contributed by atoms with E-state index in [1.165, 1.54) is 23.1 Å². The molecule has 0 aromatic heterocycles. The second kappa shape index (κ2) is 8.24. The Hall–Kier alpha value is -2.11. The molecule has 0 saturated carbocycles. The largest absolute Gasteiger partial charge is 0.481 e. The van der Waals surface area contributed by atoms with Crippen molar-refractivity contribution in [2.75, 3.05) is 19.8 Å². The number of para-hydroxylation sites is 1. The number of rotatable bonds is 7. The van der Waals surface area contributed by atoms with E-state index in [2.05, 4.69) is 0 Å². The monoisotopic (exact) mass is 297 g/mol. The van der Waals surface area contributed by atoms with E-state index >= 15 is 0 Å². The molecule has 21 heavy (non-hydrogen) atoms. The first-order valence-corrected chi connectivity index (χ1v) is 6.78. The molecule has 1 rings (SSSR count). The number of amides is 1. The summed E-state index contributed by atoms with van der Waals surface area (Å²) in [5.74, 6) is -1.41.